The molecule has 0 aliphatic carbocycles. The molecule has 0 saturated carbocycles. The highest BCUT2D eigenvalue weighted by molar-refractivity contribution is 5.74. The number of nitrogens with zero attached hydrogens (tertiary/aromatic N) is 4. The van der Waals surface area contributed by atoms with E-state index in [0.29, 0.717) is 17.0 Å². The number of hydrogen-bond acceptors (Lipinski definition) is 6. The Morgan fingerprint density at radius 3 is 2.36 bits per heavy atom. The van der Waals surface area contributed by atoms with Gasteiger partial charge >= 0.3 is 18.3 Å². The van der Waals surface area contributed by atoms with Gasteiger partial charge in [-0.25, -0.2) is 14.2 Å². The molecule has 2 rings (SSSR count). The van der Waals surface area contributed by atoms with Gasteiger partial charge in [-0.2, -0.15) is 22.0 Å². The molecule has 0 spiro atoms. The smallest absolute Gasteiger partial charge is 0.408 e. The van der Waals surface area contributed by atoms with Crippen LogP contribution in [-0.2, 0) is 13.6 Å². The third-order valence-corrected chi connectivity index (χ3v) is 5.28. The Kier molecular flexibility index (Phi) is 12.8. The van der Waals surface area contributed by atoms with Crippen molar-refractivity contribution in [3.05, 3.63) is 41.5 Å². The molecule has 0 saturated heterocycles. The minimum absolute atomic E-state index is 0.0113. The molecule has 39 heavy (non-hydrogen) atoms. The molecule has 9 nitrogen and oxygen atoms in total. The number of alkyl halides is 3. The minimum atomic E-state index is -4.99. The number of aryl methyl sites for hydroxylation is 1. The maximum atomic E-state index is 13.4. The summed E-state index contributed by atoms with van der Waals surface area (Å²) in [6.45, 7) is 5.27. The van der Waals surface area contributed by atoms with Crippen molar-refractivity contribution in [2.75, 3.05) is 20.8 Å². The van der Waals surface area contributed by atoms with Gasteiger partial charge < -0.3 is 24.3 Å². The van der Waals surface area contributed by atoms with Crippen molar-refractivity contribution >= 4 is 6.03 Å². The Morgan fingerprint density at radius 1 is 1.21 bits per heavy atom. The van der Waals surface area contributed by atoms with Crippen LogP contribution in [0.2, 0.25) is 0 Å². The van der Waals surface area contributed by atoms with E-state index in [-0.39, 0.29) is 30.2 Å². The van der Waals surface area contributed by atoms with Gasteiger partial charge in [-0.15, -0.1) is 0 Å². The summed E-state index contributed by atoms with van der Waals surface area (Å²) in [5.41, 5.74) is 1.04. The number of pyridine rings is 1. The molecule has 0 bridgehead atoms. The molecule has 0 aromatic carbocycles. The highest BCUT2D eigenvalue weighted by Gasteiger charge is 2.41. The van der Waals surface area contributed by atoms with Gasteiger partial charge in [0, 0.05) is 31.8 Å². The van der Waals surface area contributed by atoms with Crippen LogP contribution in [-0.4, -0.2) is 58.4 Å². The van der Waals surface area contributed by atoms with Crippen molar-refractivity contribution in [2.45, 2.75) is 52.4 Å². The zero-order chi connectivity index (χ0) is 29.9. The normalized spacial score (nSPS) is 11.6. The first kappa shape index (κ1) is 33.2. The second-order valence-corrected chi connectivity index (χ2v) is 7.73. The lowest BCUT2D eigenvalue weighted by atomic mass is 10.1. The fourth-order valence-electron chi connectivity index (χ4n) is 3.24. The molecule has 2 aromatic rings. The number of carbonyl (C=O) groups is 1. The lowest BCUT2D eigenvalue weighted by Crippen LogP contribution is -2.50. The maximum absolute atomic E-state index is 13.4. The van der Waals surface area contributed by atoms with E-state index in [9.17, 15) is 31.1 Å². The summed E-state index contributed by atoms with van der Waals surface area (Å²) in [6.07, 6.45) is -7.10. The quantitative estimate of drug-likeness (QED) is 0.379. The van der Waals surface area contributed by atoms with E-state index < -0.39 is 43.0 Å². The van der Waals surface area contributed by atoms with E-state index >= 15 is 0 Å². The van der Waals surface area contributed by atoms with E-state index in [1.54, 1.807) is 18.6 Å². The highest BCUT2D eigenvalue weighted by Crippen LogP contribution is 2.30. The van der Waals surface area contributed by atoms with E-state index in [1.165, 1.54) is 38.0 Å². The van der Waals surface area contributed by atoms with Gasteiger partial charge in [-0.3, -0.25) is 10.4 Å². The van der Waals surface area contributed by atoms with Crippen LogP contribution in [0.5, 0.6) is 11.6 Å². The standard InChI is InChI=1S/C22H26F6N6O3.C2H6/c1-5-34(21(35)32-17(22(26,27)28)7-6-14(23)18(24)25)10-12-8-13(16(36-3)9-30-12)15-11-33(2)19(29)20(31-15)37-4;1-2/h8-9,11,17,29H,5-7,10H2,1-4H3,(H,32,35);1-2H3. The van der Waals surface area contributed by atoms with E-state index in [1.807, 2.05) is 13.8 Å². The Labute approximate surface area is 222 Å². The number of halogens is 6. The summed E-state index contributed by atoms with van der Waals surface area (Å²) >= 11 is 0. The van der Waals surface area contributed by atoms with Crippen molar-refractivity contribution in [1.82, 2.24) is 24.8 Å². The third-order valence-electron chi connectivity index (χ3n) is 5.28. The Morgan fingerprint density at radius 2 is 1.85 bits per heavy atom. The van der Waals surface area contributed by atoms with Gasteiger partial charge in [0.2, 0.25) is 0 Å². The summed E-state index contributed by atoms with van der Waals surface area (Å²) in [7, 11) is 4.35. The van der Waals surface area contributed by atoms with E-state index in [4.69, 9.17) is 14.9 Å². The van der Waals surface area contributed by atoms with Crippen molar-refractivity contribution in [3.8, 4) is 22.9 Å². The number of amides is 2. The molecule has 2 aromatic heterocycles. The summed E-state index contributed by atoms with van der Waals surface area (Å²) in [5.74, 6) is -1.63. The van der Waals surface area contributed by atoms with E-state index in [2.05, 4.69) is 9.97 Å². The largest absolute Gasteiger partial charge is 0.494 e. The number of urea groups is 1. The maximum Gasteiger partial charge on any atom is 0.408 e. The molecular weight excluding hydrogens is 534 g/mol. The minimum Gasteiger partial charge on any atom is -0.494 e. The average molecular weight is 567 g/mol. The van der Waals surface area contributed by atoms with Crippen molar-refractivity contribution in [3.63, 3.8) is 0 Å². The molecule has 0 aliphatic rings. The zero-order valence-electron chi connectivity index (χ0n) is 22.4. The first-order valence-electron chi connectivity index (χ1n) is 11.8. The second kappa shape index (κ2) is 15.0. The molecule has 0 radical (unpaired) electrons. The molecule has 218 valence electrons. The number of aromatic nitrogens is 3. The number of methoxy groups -OCH3 is 2. The Bertz CT molecular complexity index is 1200. The Balaban J connectivity index is 0.00000371. The molecule has 2 heterocycles. The van der Waals surface area contributed by atoms with Crippen LogP contribution in [0.4, 0.5) is 31.1 Å². The predicted octanol–water partition coefficient (Wildman–Crippen LogP) is 5.33. The number of allylic oxidation sites excluding steroid dienone is 1. The van der Waals surface area contributed by atoms with Gasteiger partial charge in [0.15, 0.2) is 11.3 Å². The third kappa shape index (κ3) is 9.18. The number of hydrogen-bond donors (Lipinski definition) is 2. The molecule has 0 fully saturated rings. The monoisotopic (exact) mass is 566 g/mol. The fourth-order valence-corrected chi connectivity index (χ4v) is 3.24. The average Bonchev–Trinajstić information content (AvgIpc) is 2.90. The van der Waals surface area contributed by atoms with Crippen LogP contribution < -0.4 is 20.3 Å². The van der Waals surface area contributed by atoms with Crippen molar-refractivity contribution < 1.29 is 40.6 Å². The second-order valence-electron chi connectivity index (χ2n) is 7.73. The number of ether oxygens (including phenoxy) is 2. The van der Waals surface area contributed by atoms with Gasteiger partial charge in [0.1, 0.15) is 11.8 Å². The lowest BCUT2D eigenvalue weighted by molar-refractivity contribution is -0.155. The van der Waals surface area contributed by atoms with Crippen LogP contribution in [0.3, 0.4) is 0 Å². The first-order chi connectivity index (χ1) is 18.3. The first-order valence-corrected chi connectivity index (χ1v) is 11.8. The summed E-state index contributed by atoms with van der Waals surface area (Å²) in [5, 5.41) is 9.72. The van der Waals surface area contributed by atoms with Crippen LogP contribution in [0.25, 0.3) is 11.3 Å². The summed E-state index contributed by atoms with van der Waals surface area (Å²) < 4.78 is 89.5. The van der Waals surface area contributed by atoms with Crippen LogP contribution in [0.15, 0.2) is 30.4 Å². The number of nitrogens with one attached hydrogen (secondary N) is 2. The van der Waals surface area contributed by atoms with Crippen LogP contribution in [0, 0.1) is 5.41 Å². The molecule has 2 amide bonds. The predicted molar refractivity (Wildman–Crippen MR) is 131 cm³/mol. The molecule has 1 atom stereocenters. The molecule has 2 N–H and O–H groups in total. The lowest BCUT2D eigenvalue weighted by Gasteiger charge is -2.27. The van der Waals surface area contributed by atoms with Crippen molar-refractivity contribution in [2.24, 2.45) is 7.05 Å². The molecular formula is C24H32F6N6O3. The van der Waals surface area contributed by atoms with Crippen LogP contribution in [0.1, 0.15) is 39.3 Å². The topological polar surface area (TPSA) is 105 Å². The van der Waals surface area contributed by atoms with Gasteiger partial charge in [0.05, 0.1) is 38.3 Å². The Hall–Kier alpha value is -3.78. The summed E-state index contributed by atoms with van der Waals surface area (Å²) in [4.78, 5) is 22.1. The zero-order valence-corrected chi connectivity index (χ0v) is 22.4. The number of carbonyl (C=O) groups excluding carboxylic acids is 1. The summed E-state index contributed by atoms with van der Waals surface area (Å²) in [6, 6.07) is -2.16. The number of rotatable bonds is 10. The van der Waals surface area contributed by atoms with E-state index in [0.717, 1.165) is 4.90 Å². The van der Waals surface area contributed by atoms with Gasteiger partial charge in [-0.05, 0) is 19.4 Å². The molecule has 1 unspecified atom stereocenters. The van der Waals surface area contributed by atoms with Crippen molar-refractivity contribution in [1.29, 1.82) is 5.41 Å². The van der Waals surface area contributed by atoms with Gasteiger partial charge in [0.25, 0.3) is 5.88 Å². The van der Waals surface area contributed by atoms with Gasteiger partial charge in [-0.1, -0.05) is 13.8 Å². The SMILES string of the molecule is CC.CCN(Cc1cc(-c2cn(C)c(=N)c(OC)n2)c(OC)cn1)C(=O)NC(CCC(F)=C(F)F)C(F)(F)F. The van der Waals surface area contributed by atoms with Crippen LogP contribution >= 0.6 is 0 Å². The molecule has 0 aliphatic heterocycles. The molecule has 15 heteroatoms. The fraction of sp³-hybridized carbons (Fsp3) is 0.500. The highest BCUT2D eigenvalue weighted by atomic mass is 19.4.